The molecule has 3 rings (SSSR count). The van der Waals surface area contributed by atoms with Crippen molar-refractivity contribution in [3.8, 4) is 0 Å². The summed E-state index contributed by atoms with van der Waals surface area (Å²) in [6.45, 7) is 8.62. The fourth-order valence-corrected chi connectivity index (χ4v) is 3.35. The molecule has 2 heterocycles. The smallest absolute Gasteiger partial charge is 0.321 e. The van der Waals surface area contributed by atoms with Crippen LogP contribution in [0, 0.1) is 26.6 Å². The molecular weight excluding hydrogens is 369 g/mol. The maximum Gasteiger partial charge on any atom is 0.321 e. The van der Waals surface area contributed by atoms with E-state index < -0.39 is 5.82 Å². The van der Waals surface area contributed by atoms with Gasteiger partial charge in [0.1, 0.15) is 17.5 Å². The van der Waals surface area contributed by atoms with Crippen molar-refractivity contribution < 1.29 is 9.18 Å². The average Bonchev–Trinajstić information content (AvgIpc) is 2.87. The minimum Gasteiger partial charge on any atom is -0.354 e. The summed E-state index contributed by atoms with van der Waals surface area (Å²) >= 11 is 5.78. The SMILES string of the molecule is Cc1nc(C)c(C)c(N2CCCN(C(=O)Nc3ccc(F)c(Cl)c3)CC2)n1. The van der Waals surface area contributed by atoms with E-state index in [0.29, 0.717) is 25.3 Å². The number of anilines is 2. The van der Waals surface area contributed by atoms with E-state index in [0.717, 1.165) is 35.9 Å². The summed E-state index contributed by atoms with van der Waals surface area (Å²) in [4.78, 5) is 25.5. The van der Waals surface area contributed by atoms with Crippen LogP contribution < -0.4 is 10.2 Å². The number of hydrogen-bond acceptors (Lipinski definition) is 4. The Labute approximate surface area is 163 Å². The molecule has 0 spiro atoms. The zero-order chi connectivity index (χ0) is 19.6. The predicted molar refractivity (Wildman–Crippen MR) is 105 cm³/mol. The van der Waals surface area contributed by atoms with Crippen molar-refractivity contribution in [1.82, 2.24) is 14.9 Å². The Hall–Kier alpha value is -2.41. The van der Waals surface area contributed by atoms with Crippen molar-refractivity contribution in [1.29, 1.82) is 0 Å². The van der Waals surface area contributed by atoms with Crippen LogP contribution in [0.25, 0.3) is 0 Å². The largest absolute Gasteiger partial charge is 0.354 e. The number of hydrogen-bond donors (Lipinski definition) is 1. The Morgan fingerprint density at radius 1 is 1.15 bits per heavy atom. The van der Waals surface area contributed by atoms with Gasteiger partial charge in [-0.3, -0.25) is 0 Å². The van der Waals surface area contributed by atoms with Gasteiger partial charge in [-0.1, -0.05) is 11.6 Å². The number of nitrogens with one attached hydrogen (secondary N) is 1. The van der Waals surface area contributed by atoms with Gasteiger partial charge >= 0.3 is 6.03 Å². The number of benzene rings is 1. The minimum absolute atomic E-state index is 0.0141. The molecule has 6 nitrogen and oxygen atoms in total. The number of amides is 2. The summed E-state index contributed by atoms with van der Waals surface area (Å²) in [5.41, 5.74) is 2.52. The molecule has 0 bridgehead atoms. The van der Waals surface area contributed by atoms with Gasteiger partial charge < -0.3 is 15.1 Å². The van der Waals surface area contributed by atoms with Crippen LogP contribution in [0.3, 0.4) is 0 Å². The Morgan fingerprint density at radius 3 is 2.67 bits per heavy atom. The zero-order valence-electron chi connectivity index (χ0n) is 15.7. The van der Waals surface area contributed by atoms with E-state index in [9.17, 15) is 9.18 Å². The molecule has 0 saturated carbocycles. The molecule has 2 amide bonds. The first-order valence-electron chi connectivity index (χ1n) is 8.93. The highest BCUT2D eigenvalue weighted by atomic mass is 35.5. The summed E-state index contributed by atoms with van der Waals surface area (Å²) in [5, 5.41) is 2.77. The standard InChI is InChI=1S/C19H23ClFN5O/c1-12-13(2)22-14(3)23-18(12)25-7-4-8-26(10-9-25)19(27)24-15-5-6-17(21)16(20)11-15/h5-6,11H,4,7-10H2,1-3H3,(H,24,27). The lowest BCUT2D eigenvalue weighted by Gasteiger charge is -2.25. The van der Waals surface area contributed by atoms with Gasteiger partial charge in [0, 0.05) is 43.1 Å². The highest BCUT2D eigenvalue weighted by Crippen LogP contribution is 2.22. The third-order valence-corrected chi connectivity index (χ3v) is 5.02. The first-order chi connectivity index (χ1) is 12.8. The van der Waals surface area contributed by atoms with Crippen molar-refractivity contribution in [2.24, 2.45) is 0 Å². The molecule has 1 aromatic heterocycles. The van der Waals surface area contributed by atoms with Gasteiger partial charge in [0.15, 0.2) is 0 Å². The molecule has 0 aliphatic carbocycles. The third-order valence-electron chi connectivity index (χ3n) is 4.73. The maximum absolute atomic E-state index is 13.3. The van der Waals surface area contributed by atoms with Crippen molar-refractivity contribution in [3.05, 3.63) is 46.1 Å². The molecule has 0 radical (unpaired) electrons. The maximum atomic E-state index is 13.3. The second-order valence-electron chi connectivity index (χ2n) is 6.69. The monoisotopic (exact) mass is 391 g/mol. The van der Waals surface area contributed by atoms with E-state index in [-0.39, 0.29) is 11.1 Å². The number of aryl methyl sites for hydroxylation is 2. The van der Waals surface area contributed by atoms with Crippen molar-refractivity contribution >= 4 is 29.1 Å². The topological polar surface area (TPSA) is 61.4 Å². The van der Waals surface area contributed by atoms with E-state index in [1.54, 1.807) is 4.90 Å². The summed E-state index contributed by atoms with van der Waals surface area (Å²) in [6, 6.07) is 3.93. The predicted octanol–water partition coefficient (Wildman–Crippen LogP) is 3.94. The second-order valence-corrected chi connectivity index (χ2v) is 7.10. The lowest BCUT2D eigenvalue weighted by Crippen LogP contribution is -2.38. The summed E-state index contributed by atoms with van der Waals surface area (Å²) < 4.78 is 13.3. The molecular formula is C19H23ClFN5O. The summed E-state index contributed by atoms with van der Waals surface area (Å²) in [6.07, 6.45) is 0.832. The Kier molecular flexibility index (Phi) is 5.79. The minimum atomic E-state index is -0.508. The van der Waals surface area contributed by atoms with Crippen molar-refractivity contribution in [2.75, 3.05) is 36.4 Å². The van der Waals surface area contributed by atoms with Gasteiger partial charge in [-0.2, -0.15) is 0 Å². The van der Waals surface area contributed by atoms with Crippen LogP contribution in [-0.2, 0) is 0 Å². The van der Waals surface area contributed by atoms with E-state index in [4.69, 9.17) is 11.6 Å². The number of urea groups is 1. The van der Waals surface area contributed by atoms with Gasteiger partial charge in [-0.05, 0) is 45.4 Å². The quantitative estimate of drug-likeness (QED) is 0.842. The summed E-state index contributed by atoms with van der Waals surface area (Å²) in [7, 11) is 0. The van der Waals surface area contributed by atoms with Gasteiger partial charge in [0.2, 0.25) is 0 Å². The van der Waals surface area contributed by atoms with Crippen LogP contribution in [-0.4, -0.2) is 47.1 Å². The van der Waals surface area contributed by atoms with Crippen LogP contribution in [0.1, 0.15) is 23.5 Å². The molecule has 1 aliphatic rings. The van der Waals surface area contributed by atoms with Crippen LogP contribution >= 0.6 is 11.6 Å². The van der Waals surface area contributed by atoms with Gasteiger partial charge in [0.05, 0.1) is 5.02 Å². The Morgan fingerprint density at radius 2 is 1.93 bits per heavy atom. The fourth-order valence-electron chi connectivity index (χ4n) is 3.17. The molecule has 2 aromatic rings. The average molecular weight is 392 g/mol. The Bertz CT molecular complexity index is 860. The van der Waals surface area contributed by atoms with Crippen molar-refractivity contribution in [2.45, 2.75) is 27.2 Å². The lowest BCUT2D eigenvalue weighted by molar-refractivity contribution is 0.215. The number of rotatable bonds is 2. The van der Waals surface area contributed by atoms with Crippen molar-refractivity contribution in [3.63, 3.8) is 0 Å². The number of aromatic nitrogens is 2. The third kappa shape index (κ3) is 4.47. The van der Waals surface area contributed by atoms with Crippen LogP contribution in [0.15, 0.2) is 18.2 Å². The first-order valence-corrected chi connectivity index (χ1v) is 9.30. The molecule has 1 aliphatic heterocycles. The van der Waals surface area contributed by atoms with Crippen LogP contribution in [0.2, 0.25) is 5.02 Å². The first kappa shape index (κ1) is 19.4. The number of carbonyl (C=O) groups excluding carboxylic acids is 1. The van der Waals surface area contributed by atoms with Gasteiger partial charge in [0.25, 0.3) is 0 Å². The van der Waals surface area contributed by atoms with E-state index in [1.165, 1.54) is 18.2 Å². The van der Waals surface area contributed by atoms with Crippen LogP contribution in [0.4, 0.5) is 20.7 Å². The molecule has 8 heteroatoms. The normalized spacial score (nSPS) is 14.9. The zero-order valence-corrected chi connectivity index (χ0v) is 16.5. The molecule has 1 fully saturated rings. The number of nitrogens with zero attached hydrogens (tertiary/aromatic N) is 4. The molecule has 27 heavy (non-hydrogen) atoms. The second kappa shape index (κ2) is 8.08. The molecule has 1 aromatic carbocycles. The van der Waals surface area contributed by atoms with Crippen LogP contribution in [0.5, 0.6) is 0 Å². The number of halogens is 2. The lowest BCUT2D eigenvalue weighted by atomic mass is 10.2. The Balaban J connectivity index is 1.67. The van der Waals surface area contributed by atoms with E-state index in [1.807, 2.05) is 20.8 Å². The molecule has 1 N–H and O–H groups in total. The summed E-state index contributed by atoms with van der Waals surface area (Å²) in [5.74, 6) is 1.18. The molecule has 0 atom stereocenters. The van der Waals surface area contributed by atoms with Gasteiger partial charge in [-0.15, -0.1) is 0 Å². The molecule has 1 saturated heterocycles. The highest BCUT2D eigenvalue weighted by molar-refractivity contribution is 6.31. The fraction of sp³-hybridized carbons (Fsp3) is 0.421. The van der Waals surface area contributed by atoms with E-state index >= 15 is 0 Å². The molecule has 0 unspecified atom stereocenters. The van der Waals surface area contributed by atoms with E-state index in [2.05, 4.69) is 20.2 Å². The molecule has 144 valence electrons. The van der Waals surface area contributed by atoms with Gasteiger partial charge in [-0.25, -0.2) is 19.2 Å². The highest BCUT2D eigenvalue weighted by Gasteiger charge is 2.22. The number of carbonyl (C=O) groups is 1.